The third kappa shape index (κ3) is 6.69. The van der Waals surface area contributed by atoms with Crippen molar-refractivity contribution < 1.29 is 9.53 Å². The van der Waals surface area contributed by atoms with Crippen LogP contribution < -0.4 is 5.32 Å². The maximum atomic E-state index is 12.5. The minimum Gasteiger partial charge on any atom is -0.446 e. The van der Waals surface area contributed by atoms with E-state index in [0.717, 1.165) is 60.8 Å². The average molecular weight is 564 g/mol. The Morgan fingerprint density at radius 1 is 1.08 bits per heavy atom. The predicted octanol–water partition coefficient (Wildman–Crippen LogP) is 9.96. The summed E-state index contributed by atoms with van der Waals surface area (Å²) in [6.45, 7) is 17.5. The number of halogens is 1. The van der Waals surface area contributed by atoms with Crippen LogP contribution in [0.1, 0.15) is 112 Å². The predicted molar refractivity (Wildman–Crippen MR) is 164 cm³/mol. The zero-order valence-corrected chi connectivity index (χ0v) is 27.5. The van der Waals surface area contributed by atoms with Crippen LogP contribution in [0.15, 0.2) is 11.6 Å². The van der Waals surface area contributed by atoms with E-state index >= 15 is 0 Å². The zero-order valence-electron chi connectivity index (χ0n) is 25.7. The minimum absolute atomic E-state index is 0.0288. The van der Waals surface area contributed by atoms with Crippen LogP contribution in [0.25, 0.3) is 0 Å². The van der Waals surface area contributed by atoms with Gasteiger partial charge in [0.05, 0.1) is 0 Å². The molecule has 5 heteroatoms. The molecule has 3 saturated carbocycles. The maximum absolute atomic E-state index is 12.5. The Kier molecular flexibility index (Phi) is 9.76. The molecule has 0 spiro atoms. The van der Waals surface area contributed by atoms with Gasteiger partial charge in [-0.25, -0.2) is 4.79 Å². The van der Waals surface area contributed by atoms with Gasteiger partial charge < -0.3 is 10.1 Å². The molecule has 1 N–H and O–H groups in total. The highest BCUT2D eigenvalue weighted by Gasteiger charge is 2.59. The molecule has 4 aliphatic carbocycles. The SMILES string of the molecule is CC(C)CCC[C@@H](C)[C@H]1CC[C@H]2[C@@H]3CC=C4C[C@@H](OC(=O)NCCC[Si](C)(C)Cl)CC[C@]4(C)[C@H]3CC[C@]12C. The highest BCUT2D eigenvalue weighted by Crippen LogP contribution is 2.67. The standard InChI is InChI=1S/C33H58ClNO2Si/c1-23(2)10-8-11-24(3)28-14-15-29-27-13-12-25-22-26(37-31(36)35-20-9-21-38(6,7)34)16-18-32(25,4)30(27)17-19-33(28,29)5/h12,23-24,26-30H,8-11,13-22H2,1-7H3,(H,35,36)/t24-,26+,27+,28-,29+,30+,32+,33-/m1/s1. The largest absolute Gasteiger partial charge is 0.446 e. The Hall–Kier alpha value is -0.483. The van der Waals surface area contributed by atoms with E-state index in [0.29, 0.717) is 17.4 Å². The number of fused-ring (bicyclic) bond motifs is 5. The summed E-state index contributed by atoms with van der Waals surface area (Å²) in [7, 11) is -1.57. The maximum Gasteiger partial charge on any atom is 0.407 e. The molecule has 38 heavy (non-hydrogen) atoms. The molecule has 0 radical (unpaired) electrons. The summed E-state index contributed by atoms with van der Waals surface area (Å²) in [6.07, 6.45) is 17.6. The Labute approximate surface area is 240 Å². The van der Waals surface area contributed by atoms with Crippen LogP contribution in [0.4, 0.5) is 4.79 Å². The quantitative estimate of drug-likeness (QED) is 0.124. The van der Waals surface area contributed by atoms with Crippen molar-refractivity contribution in [1.29, 1.82) is 0 Å². The monoisotopic (exact) mass is 563 g/mol. The average Bonchev–Trinajstić information content (AvgIpc) is 3.18. The first kappa shape index (κ1) is 30.5. The van der Waals surface area contributed by atoms with E-state index in [1.807, 2.05) is 0 Å². The van der Waals surface area contributed by atoms with Gasteiger partial charge >= 0.3 is 6.09 Å². The second-order valence-corrected chi connectivity index (χ2v) is 22.3. The molecule has 3 nitrogen and oxygen atoms in total. The Morgan fingerprint density at radius 2 is 1.84 bits per heavy atom. The van der Waals surface area contributed by atoms with Crippen LogP contribution in [0.2, 0.25) is 19.1 Å². The molecular weight excluding hydrogens is 506 g/mol. The normalized spacial score (nSPS) is 37.6. The van der Waals surface area contributed by atoms with Crippen molar-refractivity contribution in [3.05, 3.63) is 11.6 Å². The van der Waals surface area contributed by atoms with Gasteiger partial charge in [-0.3, -0.25) is 0 Å². The molecule has 0 saturated heterocycles. The fraction of sp³-hybridized carbons (Fsp3) is 0.909. The number of carbonyl (C=O) groups excluding carboxylic acids is 1. The lowest BCUT2D eigenvalue weighted by atomic mass is 9.47. The van der Waals surface area contributed by atoms with E-state index in [2.05, 4.69) is 59.1 Å². The number of amides is 1. The lowest BCUT2D eigenvalue weighted by Crippen LogP contribution is -2.51. The van der Waals surface area contributed by atoms with Gasteiger partial charge in [0, 0.05) is 13.0 Å². The summed E-state index contributed by atoms with van der Waals surface area (Å²) >= 11 is 6.41. The molecular formula is C33H58ClNO2Si. The zero-order chi connectivity index (χ0) is 27.7. The second-order valence-electron chi connectivity index (χ2n) is 15.3. The fourth-order valence-electron chi connectivity index (χ4n) is 9.64. The Morgan fingerprint density at radius 3 is 2.55 bits per heavy atom. The number of ether oxygens (including phenoxy) is 1. The van der Waals surface area contributed by atoms with Crippen LogP contribution in [-0.4, -0.2) is 26.1 Å². The van der Waals surface area contributed by atoms with Crippen LogP contribution in [0, 0.1) is 46.3 Å². The third-order valence-corrected chi connectivity index (χ3v) is 13.9. The highest BCUT2D eigenvalue weighted by molar-refractivity contribution is 7.19. The molecule has 1 amide bonds. The van der Waals surface area contributed by atoms with E-state index in [1.165, 1.54) is 57.8 Å². The van der Waals surface area contributed by atoms with E-state index in [-0.39, 0.29) is 12.2 Å². The van der Waals surface area contributed by atoms with Crippen LogP contribution in [0.5, 0.6) is 0 Å². The first-order chi connectivity index (χ1) is 17.8. The van der Waals surface area contributed by atoms with Crippen molar-refractivity contribution in [2.75, 3.05) is 6.54 Å². The molecule has 8 atom stereocenters. The lowest BCUT2D eigenvalue weighted by Gasteiger charge is -2.58. The van der Waals surface area contributed by atoms with Gasteiger partial charge in [-0.2, -0.15) is 11.1 Å². The van der Waals surface area contributed by atoms with Crippen LogP contribution in [0.3, 0.4) is 0 Å². The summed E-state index contributed by atoms with van der Waals surface area (Å²) in [5.41, 5.74) is 2.44. The van der Waals surface area contributed by atoms with Crippen molar-refractivity contribution in [2.24, 2.45) is 46.3 Å². The lowest BCUT2D eigenvalue weighted by molar-refractivity contribution is -0.0581. The molecule has 0 aliphatic heterocycles. The number of rotatable bonds is 10. The van der Waals surface area contributed by atoms with Gasteiger partial charge in [0.15, 0.2) is 7.38 Å². The highest BCUT2D eigenvalue weighted by atomic mass is 35.6. The minimum atomic E-state index is -1.57. The van der Waals surface area contributed by atoms with Gasteiger partial charge in [0.1, 0.15) is 6.10 Å². The molecule has 3 fully saturated rings. The van der Waals surface area contributed by atoms with Crippen molar-refractivity contribution in [2.45, 2.75) is 137 Å². The number of alkyl carbamates (subject to hydrolysis) is 1. The number of allylic oxidation sites excluding steroid dienone is 1. The molecule has 218 valence electrons. The summed E-state index contributed by atoms with van der Waals surface area (Å²) in [5.74, 6) is 5.18. The van der Waals surface area contributed by atoms with E-state index in [9.17, 15) is 4.79 Å². The van der Waals surface area contributed by atoms with E-state index < -0.39 is 7.38 Å². The first-order valence-corrected chi connectivity index (χ1v) is 20.4. The topological polar surface area (TPSA) is 38.3 Å². The van der Waals surface area contributed by atoms with E-state index in [4.69, 9.17) is 15.8 Å². The summed E-state index contributed by atoms with van der Waals surface area (Å²) in [4.78, 5) is 12.5. The van der Waals surface area contributed by atoms with Gasteiger partial charge in [0.2, 0.25) is 0 Å². The van der Waals surface area contributed by atoms with Gasteiger partial charge in [0.25, 0.3) is 0 Å². The smallest absolute Gasteiger partial charge is 0.407 e. The molecule has 0 heterocycles. The number of hydrogen-bond acceptors (Lipinski definition) is 2. The summed E-state index contributed by atoms with van der Waals surface area (Å²) in [5, 5.41) is 2.97. The molecule has 0 aromatic carbocycles. The summed E-state index contributed by atoms with van der Waals surface area (Å²) < 4.78 is 5.91. The second kappa shape index (κ2) is 12.2. The van der Waals surface area contributed by atoms with Crippen molar-refractivity contribution in [3.8, 4) is 0 Å². The molecule has 4 aliphatic rings. The van der Waals surface area contributed by atoms with Crippen LogP contribution >= 0.6 is 11.1 Å². The first-order valence-electron chi connectivity index (χ1n) is 16.2. The molecule has 0 aromatic heterocycles. The summed E-state index contributed by atoms with van der Waals surface area (Å²) in [6, 6.07) is 1.02. The van der Waals surface area contributed by atoms with Gasteiger partial charge in [-0.05, 0) is 104 Å². The fourth-order valence-corrected chi connectivity index (χ4v) is 11.1. The van der Waals surface area contributed by atoms with Crippen molar-refractivity contribution in [3.63, 3.8) is 0 Å². The number of nitrogens with one attached hydrogen (secondary N) is 1. The van der Waals surface area contributed by atoms with E-state index in [1.54, 1.807) is 5.57 Å². The van der Waals surface area contributed by atoms with Gasteiger partial charge in [-0.15, -0.1) is 0 Å². The Bertz CT molecular complexity index is 852. The molecule has 0 aromatic rings. The van der Waals surface area contributed by atoms with Gasteiger partial charge in [-0.1, -0.05) is 78.6 Å². The molecule has 4 rings (SSSR count). The van der Waals surface area contributed by atoms with Crippen molar-refractivity contribution in [1.82, 2.24) is 5.32 Å². The molecule has 0 bridgehead atoms. The number of hydrogen-bond donors (Lipinski definition) is 1. The van der Waals surface area contributed by atoms with Crippen LogP contribution in [-0.2, 0) is 4.74 Å². The third-order valence-electron chi connectivity index (χ3n) is 11.8. The Balaban J connectivity index is 1.33. The molecule has 0 unspecified atom stereocenters. The van der Waals surface area contributed by atoms with Crippen molar-refractivity contribution >= 4 is 24.6 Å². The number of carbonyl (C=O) groups is 1.